The van der Waals surface area contributed by atoms with Crippen molar-refractivity contribution in [1.29, 1.82) is 0 Å². The third-order valence-corrected chi connectivity index (χ3v) is 24.9. The fourth-order valence-corrected chi connectivity index (χ4v) is 28.2. The standard InChI is InChI=1S/C17H24Se4/c1-2-6-10-14-13(9-5-1)18-17(19-14)20-15-11-7-3-4-8-12-16(15)21-17/h1-12H2. The molecule has 2 aliphatic heterocycles. The fraction of sp³-hybridized carbons (Fsp3) is 0.765. The maximum atomic E-state index is 2.04. The fourth-order valence-electron chi connectivity index (χ4n) is 3.57. The maximum absolute atomic E-state index is 2.04. The summed E-state index contributed by atoms with van der Waals surface area (Å²) >= 11 is 3.67. The summed E-state index contributed by atoms with van der Waals surface area (Å²) in [4.78, 5) is 0. The molecule has 0 saturated carbocycles. The van der Waals surface area contributed by atoms with Gasteiger partial charge in [0.1, 0.15) is 0 Å². The summed E-state index contributed by atoms with van der Waals surface area (Å²) in [5, 5.41) is 0. The Hall–Kier alpha value is 1.56. The molecule has 0 saturated heterocycles. The molecule has 4 heteroatoms. The first-order valence-corrected chi connectivity index (χ1v) is 15.4. The van der Waals surface area contributed by atoms with Gasteiger partial charge in [-0.1, -0.05) is 0 Å². The van der Waals surface area contributed by atoms with E-state index in [1.807, 2.05) is 17.9 Å². The van der Waals surface area contributed by atoms with E-state index in [2.05, 4.69) is 0 Å². The Labute approximate surface area is 154 Å². The molecule has 0 unspecified atom stereocenters. The van der Waals surface area contributed by atoms with Gasteiger partial charge in [-0.05, 0) is 0 Å². The molecule has 0 radical (unpaired) electrons. The summed E-state index contributed by atoms with van der Waals surface area (Å²) in [7, 11) is 0. The van der Waals surface area contributed by atoms with Crippen LogP contribution in [0.4, 0.5) is 0 Å². The van der Waals surface area contributed by atoms with Crippen molar-refractivity contribution < 1.29 is 0 Å². The van der Waals surface area contributed by atoms with E-state index >= 15 is 0 Å². The second-order valence-corrected chi connectivity index (χ2v) is 25.3. The van der Waals surface area contributed by atoms with Crippen molar-refractivity contribution >= 4 is 59.8 Å². The average molecular weight is 544 g/mol. The Morgan fingerprint density at radius 1 is 0.429 bits per heavy atom. The van der Waals surface area contributed by atoms with Gasteiger partial charge in [0.05, 0.1) is 0 Å². The van der Waals surface area contributed by atoms with E-state index in [-0.39, 0.29) is 0 Å². The van der Waals surface area contributed by atoms with Crippen LogP contribution < -0.4 is 0 Å². The molecule has 2 aliphatic carbocycles. The topological polar surface area (TPSA) is 0 Å². The predicted octanol–water partition coefficient (Wildman–Crippen LogP) is 3.99. The van der Waals surface area contributed by atoms with Gasteiger partial charge in [0.15, 0.2) is 0 Å². The average Bonchev–Trinajstić information content (AvgIpc) is 2.92. The van der Waals surface area contributed by atoms with Crippen LogP contribution in [0.2, 0.25) is 1.01 Å². The molecule has 4 rings (SSSR count). The zero-order valence-corrected chi connectivity index (χ0v) is 19.5. The van der Waals surface area contributed by atoms with E-state index in [4.69, 9.17) is 0 Å². The van der Waals surface area contributed by atoms with Gasteiger partial charge in [-0.2, -0.15) is 0 Å². The summed E-state index contributed by atoms with van der Waals surface area (Å²) < 4.78 is 9.11. The van der Waals surface area contributed by atoms with E-state index in [1.54, 1.807) is 0 Å². The van der Waals surface area contributed by atoms with Crippen LogP contribution in [-0.4, -0.2) is 59.8 Å². The van der Waals surface area contributed by atoms with Crippen molar-refractivity contribution in [2.24, 2.45) is 0 Å². The minimum absolute atomic E-state index is 0.917. The van der Waals surface area contributed by atoms with Crippen molar-refractivity contribution in [3.63, 3.8) is 0 Å². The molecule has 4 aliphatic rings. The van der Waals surface area contributed by atoms with E-state index < -0.39 is 0 Å². The van der Waals surface area contributed by atoms with Crippen LogP contribution >= 0.6 is 0 Å². The molecule has 2 heterocycles. The Balaban J connectivity index is 1.48. The minimum atomic E-state index is 0.917. The second kappa shape index (κ2) is 7.21. The van der Waals surface area contributed by atoms with Crippen LogP contribution in [0.5, 0.6) is 0 Å². The van der Waals surface area contributed by atoms with Crippen LogP contribution in [-0.2, 0) is 0 Å². The third kappa shape index (κ3) is 3.65. The first-order chi connectivity index (χ1) is 10.3. The zero-order chi connectivity index (χ0) is 14.1. The zero-order valence-electron chi connectivity index (χ0n) is 12.6. The van der Waals surface area contributed by atoms with Gasteiger partial charge in [-0.25, -0.2) is 0 Å². The Morgan fingerprint density at radius 2 is 0.714 bits per heavy atom. The number of hydrogen-bond acceptors (Lipinski definition) is 0. The van der Waals surface area contributed by atoms with Gasteiger partial charge in [0.25, 0.3) is 0 Å². The molecule has 0 amide bonds. The Kier molecular flexibility index (Phi) is 5.51. The Bertz CT molecular complexity index is 390. The molecule has 0 bridgehead atoms. The molecule has 0 aromatic carbocycles. The van der Waals surface area contributed by atoms with Crippen LogP contribution in [0, 0.1) is 0 Å². The summed E-state index contributed by atoms with van der Waals surface area (Å²) in [6.45, 7) is 0. The van der Waals surface area contributed by atoms with E-state index in [0.29, 0.717) is 0 Å². The van der Waals surface area contributed by atoms with Crippen molar-refractivity contribution in [3.05, 3.63) is 17.9 Å². The molecule has 0 fully saturated rings. The van der Waals surface area contributed by atoms with Gasteiger partial charge in [-0.15, -0.1) is 0 Å². The van der Waals surface area contributed by atoms with E-state index in [9.17, 15) is 0 Å². The number of allylic oxidation sites excluding steroid dienone is 4. The van der Waals surface area contributed by atoms with Gasteiger partial charge in [0, 0.05) is 0 Å². The number of hydrogen-bond donors (Lipinski definition) is 0. The van der Waals surface area contributed by atoms with Crippen LogP contribution in [0.3, 0.4) is 0 Å². The van der Waals surface area contributed by atoms with E-state index in [1.165, 1.54) is 77.0 Å². The SMILES string of the molecule is C1CCCC2=C(CC1)[Se]C1([Se]2)[Se]C2=C(CCCCCC2)[Se]1. The van der Waals surface area contributed by atoms with E-state index in [0.717, 1.165) is 60.8 Å². The summed E-state index contributed by atoms with van der Waals surface area (Å²) in [6, 6.07) is 0. The van der Waals surface area contributed by atoms with Crippen LogP contribution in [0.25, 0.3) is 0 Å². The van der Waals surface area contributed by atoms with Crippen molar-refractivity contribution in [3.8, 4) is 0 Å². The molecule has 0 N–H and O–H groups in total. The monoisotopic (exact) mass is 548 g/mol. The molecular formula is C17H24Se4. The molecule has 1 spiro atoms. The van der Waals surface area contributed by atoms with Gasteiger partial charge >= 0.3 is 156 Å². The molecule has 21 heavy (non-hydrogen) atoms. The molecule has 0 aromatic heterocycles. The second-order valence-electron chi connectivity index (χ2n) is 6.43. The normalized spacial score (nSPS) is 29.7. The summed E-state index contributed by atoms with van der Waals surface area (Å²) in [5.41, 5.74) is 0. The number of rotatable bonds is 0. The molecule has 0 atom stereocenters. The van der Waals surface area contributed by atoms with Gasteiger partial charge in [-0.3, -0.25) is 0 Å². The molecule has 116 valence electrons. The predicted molar refractivity (Wildman–Crippen MR) is 95.2 cm³/mol. The molecule has 0 aromatic rings. The van der Waals surface area contributed by atoms with Crippen LogP contribution in [0.15, 0.2) is 17.9 Å². The quantitative estimate of drug-likeness (QED) is 0.405. The summed E-state index contributed by atoms with van der Waals surface area (Å²) in [5.74, 6) is 0. The first kappa shape index (κ1) is 16.0. The summed E-state index contributed by atoms with van der Waals surface area (Å²) in [6.07, 6.45) is 18.1. The van der Waals surface area contributed by atoms with Crippen molar-refractivity contribution in [2.45, 2.75) is 78.1 Å². The third-order valence-electron chi connectivity index (χ3n) is 4.73. The molecule has 0 nitrogen and oxygen atoms in total. The van der Waals surface area contributed by atoms with Crippen molar-refractivity contribution in [1.82, 2.24) is 0 Å². The molecular weight excluding hydrogens is 520 g/mol. The van der Waals surface area contributed by atoms with Gasteiger partial charge < -0.3 is 0 Å². The van der Waals surface area contributed by atoms with Gasteiger partial charge in [0.2, 0.25) is 0 Å². The van der Waals surface area contributed by atoms with Crippen molar-refractivity contribution in [2.75, 3.05) is 0 Å². The Morgan fingerprint density at radius 3 is 1.00 bits per heavy atom. The van der Waals surface area contributed by atoms with Crippen LogP contribution in [0.1, 0.15) is 77.0 Å². The first-order valence-electron chi connectivity index (χ1n) is 8.55.